The summed E-state index contributed by atoms with van der Waals surface area (Å²) in [4.78, 5) is 22.7. The van der Waals surface area contributed by atoms with Crippen molar-refractivity contribution in [1.82, 2.24) is 30.3 Å². The molecule has 1 unspecified atom stereocenters. The SMILES string of the molecule is Cc1cc(CC#N)cc(F)c1-c1ncc2c(n1)C(c1cnc(N3CCN(C)CC3)nc1)NN2. The summed E-state index contributed by atoms with van der Waals surface area (Å²) >= 11 is 0. The minimum absolute atomic E-state index is 0.156. The smallest absolute Gasteiger partial charge is 0.225 e. The van der Waals surface area contributed by atoms with Crippen LogP contribution >= 0.6 is 0 Å². The lowest BCUT2D eigenvalue weighted by Gasteiger charge is -2.32. The third-order valence-electron chi connectivity index (χ3n) is 6.07. The van der Waals surface area contributed by atoms with Gasteiger partial charge in [0.25, 0.3) is 0 Å². The van der Waals surface area contributed by atoms with E-state index in [1.54, 1.807) is 31.6 Å². The van der Waals surface area contributed by atoms with E-state index >= 15 is 0 Å². The van der Waals surface area contributed by atoms with Crippen LogP contribution in [-0.2, 0) is 6.42 Å². The van der Waals surface area contributed by atoms with Gasteiger partial charge in [-0.2, -0.15) is 5.26 Å². The second-order valence-corrected chi connectivity index (χ2v) is 8.41. The molecule has 1 saturated heterocycles. The van der Waals surface area contributed by atoms with Crippen LogP contribution in [0.4, 0.5) is 16.0 Å². The number of nitriles is 1. The zero-order valence-corrected chi connectivity index (χ0v) is 18.5. The lowest BCUT2D eigenvalue weighted by Crippen LogP contribution is -2.45. The number of anilines is 2. The maximum atomic E-state index is 14.9. The topological polar surface area (TPSA) is 106 Å². The molecule has 0 bridgehead atoms. The van der Waals surface area contributed by atoms with Crippen molar-refractivity contribution >= 4 is 11.6 Å². The molecule has 0 radical (unpaired) electrons. The number of rotatable bonds is 4. The van der Waals surface area contributed by atoms with Crippen molar-refractivity contribution in [2.45, 2.75) is 19.4 Å². The molecule has 2 aliphatic rings. The highest BCUT2D eigenvalue weighted by molar-refractivity contribution is 5.65. The van der Waals surface area contributed by atoms with Gasteiger partial charge in [-0.15, -0.1) is 0 Å². The van der Waals surface area contributed by atoms with Crippen molar-refractivity contribution < 1.29 is 4.39 Å². The number of piperazine rings is 1. The molecule has 1 aromatic carbocycles. The van der Waals surface area contributed by atoms with Gasteiger partial charge in [0.1, 0.15) is 5.82 Å². The lowest BCUT2D eigenvalue weighted by atomic mass is 10.0. The van der Waals surface area contributed by atoms with E-state index in [4.69, 9.17) is 5.26 Å². The van der Waals surface area contributed by atoms with Gasteiger partial charge in [-0.3, -0.25) is 0 Å². The molecular formula is C23H24FN9. The Morgan fingerprint density at radius 1 is 1.12 bits per heavy atom. The standard InChI is InChI=1S/C23H24FN9/c1-14-9-15(3-4-25)10-17(24)19(14)22-26-13-18-21(29-22)20(31-30-18)16-11-27-23(28-12-16)33-7-5-32(2)6-8-33/h9-13,20,30-31H,3,5-8H2,1-2H3. The lowest BCUT2D eigenvalue weighted by molar-refractivity contribution is 0.311. The van der Waals surface area contributed by atoms with Crippen molar-refractivity contribution in [3.63, 3.8) is 0 Å². The summed E-state index contributed by atoms with van der Waals surface area (Å²) in [6.45, 7) is 5.57. The van der Waals surface area contributed by atoms with E-state index in [0.717, 1.165) is 43.4 Å². The second-order valence-electron chi connectivity index (χ2n) is 8.41. The number of hydrazine groups is 1. The van der Waals surface area contributed by atoms with Crippen LogP contribution in [0.25, 0.3) is 11.4 Å². The summed E-state index contributed by atoms with van der Waals surface area (Å²) in [6.07, 6.45) is 5.41. The number of nitrogens with zero attached hydrogens (tertiary/aromatic N) is 7. The Morgan fingerprint density at radius 3 is 2.58 bits per heavy atom. The monoisotopic (exact) mass is 445 g/mol. The third-order valence-corrected chi connectivity index (χ3v) is 6.07. The van der Waals surface area contributed by atoms with Crippen LogP contribution in [0, 0.1) is 24.1 Å². The number of hydrogen-bond donors (Lipinski definition) is 2. The Hall–Kier alpha value is -3.68. The third kappa shape index (κ3) is 4.08. The summed E-state index contributed by atoms with van der Waals surface area (Å²) in [5, 5.41) is 8.91. The molecule has 0 saturated carbocycles. The summed E-state index contributed by atoms with van der Waals surface area (Å²) in [5.74, 6) is 0.588. The number of benzene rings is 1. The van der Waals surface area contributed by atoms with Gasteiger partial charge in [-0.25, -0.2) is 29.8 Å². The number of aryl methyl sites for hydroxylation is 1. The molecule has 33 heavy (non-hydrogen) atoms. The van der Waals surface area contributed by atoms with E-state index in [2.05, 4.69) is 53.7 Å². The first-order valence-corrected chi connectivity index (χ1v) is 10.8. The van der Waals surface area contributed by atoms with Crippen molar-refractivity contribution in [2.75, 3.05) is 43.6 Å². The predicted molar refractivity (Wildman–Crippen MR) is 122 cm³/mol. The molecule has 10 heteroatoms. The molecular weight excluding hydrogens is 421 g/mol. The minimum atomic E-state index is -0.435. The largest absolute Gasteiger partial charge is 0.338 e. The number of hydrogen-bond acceptors (Lipinski definition) is 9. The maximum Gasteiger partial charge on any atom is 0.225 e. The predicted octanol–water partition coefficient (Wildman–Crippen LogP) is 2.22. The molecule has 4 heterocycles. The van der Waals surface area contributed by atoms with Gasteiger partial charge in [-0.1, -0.05) is 6.07 Å². The quantitative estimate of drug-likeness (QED) is 0.625. The Labute approximate surface area is 191 Å². The molecule has 1 atom stereocenters. The van der Waals surface area contributed by atoms with Crippen molar-refractivity contribution in [3.8, 4) is 17.5 Å². The highest BCUT2D eigenvalue weighted by atomic mass is 19.1. The first kappa shape index (κ1) is 21.2. The highest BCUT2D eigenvalue weighted by Crippen LogP contribution is 2.34. The van der Waals surface area contributed by atoms with Gasteiger partial charge in [0, 0.05) is 44.1 Å². The van der Waals surface area contributed by atoms with Crippen LogP contribution in [0.2, 0.25) is 0 Å². The number of aromatic nitrogens is 4. The number of nitrogens with one attached hydrogen (secondary N) is 2. The van der Waals surface area contributed by atoms with Gasteiger partial charge < -0.3 is 15.2 Å². The number of fused-ring (bicyclic) bond motifs is 1. The molecule has 0 spiro atoms. The average Bonchev–Trinajstić information content (AvgIpc) is 3.23. The van der Waals surface area contributed by atoms with Crippen LogP contribution in [0.15, 0.2) is 30.7 Å². The molecule has 5 rings (SSSR count). The molecule has 1 fully saturated rings. The van der Waals surface area contributed by atoms with Crippen LogP contribution in [0.1, 0.15) is 28.4 Å². The first-order chi connectivity index (χ1) is 16.0. The Morgan fingerprint density at radius 2 is 1.88 bits per heavy atom. The molecule has 2 N–H and O–H groups in total. The van der Waals surface area contributed by atoms with E-state index in [1.165, 1.54) is 6.07 Å². The zero-order valence-electron chi connectivity index (χ0n) is 18.5. The minimum Gasteiger partial charge on any atom is -0.338 e. The molecule has 2 aromatic heterocycles. The van der Waals surface area contributed by atoms with Crippen LogP contribution in [0.5, 0.6) is 0 Å². The van der Waals surface area contributed by atoms with Gasteiger partial charge in [0.15, 0.2) is 5.82 Å². The van der Waals surface area contributed by atoms with Crippen molar-refractivity contribution in [2.24, 2.45) is 0 Å². The second kappa shape index (κ2) is 8.69. The van der Waals surface area contributed by atoms with Gasteiger partial charge in [-0.05, 0) is 31.2 Å². The fourth-order valence-corrected chi connectivity index (χ4v) is 4.23. The summed E-state index contributed by atoms with van der Waals surface area (Å²) in [5.41, 5.74) is 10.2. The van der Waals surface area contributed by atoms with Gasteiger partial charge in [0.05, 0.1) is 41.7 Å². The van der Waals surface area contributed by atoms with Crippen LogP contribution < -0.4 is 15.8 Å². The van der Waals surface area contributed by atoms with Gasteiger partial charge >= 0.3 is 0 Å². The normalized spacial score (nSPS) is 18.0. The van der Waals surface area contributed by atoms with E-state index in [1.807, 2.05) is 0 Å². The Kier molecular flexibility index (Phi) is 5.58. The number of likely N-dealkylation sites (N-methyl/N-ethyl adjacent to an activating group) is 1. The fraction of sp³-hybridized carbons (Fsp3) is 0.348. The summed E-state index contributed by atoms with van der Waals surface area (Å²) in [6, 6.07) is 4.94. The summed E-state index contributed by atoms with van der Waals surface area (Å²) < 4.78 is 14.9. The molecule has 0 amide bonds. The number of halogens is 1. The fourth-order valence-electron chi connectivity index (χ4n) is 4.23. The van der Waals surface area contributed by atoms with E-state index in [9.17, 15) is 4.39 Å². The first-order valence-electron chi connectivity index (χ1n) is 10.8. The van der Waals surface area contributed by atoms with Crippen molar-refractivity contribution in [3.05, 3.63) is 58.9 Å². The van der Waals surface area contributed by atoms with Crippen molar-refractivity contribution in [1.29, 1.82) is 5.26 Å². The Balaban J connectivity index is 1.43. The average molecular weight is 446 g/mol. The van der Waals surface area contributed by atoms with E-state index < -0.39 is 5.82 Å². The molecule has 0 aliphatic carbocycles. The van der Waals surface area contributed by atoms with E-state index in [-0.39, 0.29) is 12.5 Å². The zero-order chi connectivity index (χ0) is 22.9. The maximum absolute atomic E-state index is 14.9. The Bertz CT molecular complexity index is 1190. The highest BCUT2D eigenvalue weighted by Gasteiger charge is 2.28. The summed E-state index contributed by atoms with van der Waals surface area (Å²) in [7, 11) is 2.11. The van der Waals surface area contributed by atoms with Crippen LogP contribution in [0.3, 0.4) is 0 Å². The molecule has 9 nitrogen and oxygen atoms in total. The molecule has 168 valence electrons. The van der Waals surface area contributed by atoms with Crippen LogP contribution in [-0.4, -0.2) is 58.1 Å². The van der Waals surface area contributed by atoms with Gasteiger partial charge in [0.2, 0.25) is 5.95 Å². The molecule has 3 aromatic rings. The van der Waals surface area contributed by atoms with E-state index in [0.29, 0.717) is 28.2 Å². The molecule has 2 aliphatic heterocycles.